The van der Waals surface area contributed by atoms with Gasteiger partial charge in [0.15, 0.2) is 5.70 Å². The Morgan fingerprint density at radius 3 is 2.71 bits per heavy atom. The molecule has 4 heteroatoms. The Morgan fingerprint density at radius 1 is 1.35 bits per heavy atom. The molecule has 0 aromatic heterocycles. The third-order valence-corrected chi connectivity index (χ3v) is 2.28. The van der Waals surface area contributed by atoms with Gasteiger partial charge in [-0.05, 0) is 26.0 Å². The molecule has 1 aliphatic rings. The quantitative estimate of drug-likeness (QED) is 0.455. The molecule has 0 radical (unpaired) electrons. The van der Waals surface area contributed by atoms with Crippen molar-refractivity contribution >= 4 is 11.9 Å². The number of ether oxygens (including phenoxy) is 2. The number of nitrogens with zero attached hydrogens (tertiary/aromatic N) is 1. The predicted octanol–water partition coefficient (Wildman–Crippen LogP) is 2.18. The highest BCUT2D eigenvalue weighted by Gasteiger charge is 2.24. The number of aryl methyl sites for hydroxylation is 1. The zero-order valence-electron chi connectivity index (χ0n) is 9.77. The van der Waals surface area contributed by atoms with Gasteiger partial charge < -0.3 is 9.47 Å². The van der Waals surface area contributed by atoms with Gasteiger partial charge in [0.05, 0.1) is 6.61 Å². The monoisotopic (exact) mass is 231 g/mol. The van der Waals surface area contributed by atoms with Crippen LogP contribution >= 0.6 is 0 Å². The van der Waals surface area contributed by atoms with E-state index < -0.39 is 5.97 Å². The molecule has 0 fully saturated rings. The molecule has 0 saturated heterocycles. The molecule has 0 amide bonds. The van der Waals surface area contributed by atoms with Crippen LogP contribution in [0, 0.1) is 6.92 Å². The van der Waals surface area contributed by atoms with E-state index in [1.807, 2.05) is 38.1 Å². The van der Waals surface area contributed by atoms with Gasteiger partial charge in [0.1, 0.15) is 6.26 Å². The van der Waals surface area contributed by atoms with Crippen molar-refractivity contribution in [3.05, 3.63) is 47.4 Å². The lowest BCUT2D eigenvalue weighted by Crippen LogP contribution is -2.05. The van der Waals surface area contributed by atoms with Crippen LogP contribution in [0.1, 0.15) is 18.1 Å². The summed E-state index contributed by atoms with van der Waals surface area (Å²) < 4.78 is 10.1. The second-order valence-corrected chi connectivity index (χ2v) is 3.63. The largest absolute Gasteiger partial charge is 0.499 e. The Labute approximate surface area is 99.6 Å². The molecule has 0 unspecified atom stereocenters. The molecule has 1 heterocycles. The zero-order valence-corrected chi connectivity index (χ0v) is 9.77. The Hall–Kier alpha value is -2.10. The van der Waals surface area contributed by atoms with Gasteiger partial charge in [-0.3, -0.25) is 0 Å². The van der Waals surface area contributed by atoms with Crippen molar-refractivity contribution in [3.63, 3.8) is 0 Å². The molecule has 88 valence electrons. The van der Waals surface area contributed by atoms with Gasteiger partial charge in [-0.25, -0.2) is 9.79 Å². The number of carbonyl (C=O) groups excluding carboxylic acids is 1. The summed E-state index contributed by atoms with van der Waals surface area (Å²) in [4.78, 5) is 15.5. The maximum atomic E-state index is 11.4. The topological polar surface area (TPSA) is 47.9 Å². The Morgan fingerprint density at radius 2 is 2.06 bits per heavy atom. The van der Waals surface area contributed by atoms with Gasteiger partial charge in [0.2, 0.25) is 5.90 Å². The van der Waals surface area contributed by atoms with E-state index in [2.05, 4.69) is 4.99 Å². The highest BCUT2D eigenvalue weighted by atomic mass is 16.6. The molecule has 0 N–H and O–H groups in total. The second kappa shape index (κ2) is 4.82. The molecule has 1 aromatic rings. The summed E-state index contributed by atoms with van der Waals surface area (Å²) in [5.41, 5.74) is 2.12. The molecule has 4 nitrogen and oxygen atoms in total. The Balaban J connectivity index is 2.24. The first kappa shape index (κ1) is 11.4. The van der Waals surface area contributed by atoms with Crippen molar-refractivity contribution < 1.29 is 14.3 Å². The van der Waals surface area contributed by atoms with Crippen LogP contribution < -0.4 is 0 Å². The second-order valence-electron chi connectivity index (χ2n) is 3.63. The molecule has 0 saturated carbocycles. The Kier molecular flexibility index (Phi) is 3.23. The summed E-state index contributed by atoms with van der Waals surface area (Å²) in [5.74, 6) is -0.157. The minimum atomic E-state index is -0.478. The van der Waals surface area contributed by atoms with E-state index in [0.717, 1.165) is 11.1 Å². The number of esters is 1. The van der Waals surface area contributed by atoms with Crippen molar-refractivity contribution in [3.8, 4) is 0 Å². The summed E-state index contributed by atoms with van der Waals surface area (Å²) in [6.45, 7) is 4.32. The fourth-order valence-electron chi connectivity index (χ4n) is 1.37. The molecule has 1 aromatic carbocycles. The van der Waals surface area contributed by atoms with Gasteiger partial charge in [-0.2, -0.15) is 0 Å². The van der Waals surface area contributed by atoms with E-state index in [9.17, 15) is 4.79 Å². The minimum absolute atomic E-state index is 0.197. The van der Waals surface area contributed by atoms with Crippen molar-refractivity contribution in [2.45, 2.75) is 13.8 Å². The van der Waals surface area contributed by atoms with Crippen molar-refractivity contribution in [1.29, 1.82) is 0 Å². The fraction of sp³-hybridized carbons (Fsp3) is 0.231. The van der Waals surface area contributed by atoms with Gasteiger partial charge in [-0.1, -0.05) is 17.7 Å². The molecule has 2 rings (SSSR count). The van der Waals surface area contributed by atoms with Gasteiger partial charge in [0.25, 0.3) is 0 Å². The normalized spacial score (nSPS) is 16.9. The summed E-state index contributed by atoms with van der Waals surface area (Å²) in [6, 6.07) is 7.61. The molecular formula is C13H13NO3. The first-order chi connectivity index (χ1) is 8.20. The molecule has 0 spiro atoms. The smallest absolute Gasteiger partial charge is 0.367 e. The molecule has 0 atom stereocenters. The number of hydrogen-bond donors (Lipinski definition) is 0. The van der Waals surface area contributed by atoms with Crippen LogP contribution in [0.3, 0.4) is 0 Å². The van der Waals surface area contributed by atoms with Crippen LogP contribution in [-0.4, -0.2) is 18.5 Å². The number of aliphatic imine (C=N–C) groups is 1. The fourth-order valence-corrected chi connectivity index (χ4v) is 1.37. The number of cyclic esters (lactones) is 1. The lowest BCUT2D eigenvalue weighted by Gasteiger charge is -1.99. The van der Waals surface area contributed by atoms with Crippen molar-refractivity contribution in [2.24, 2.45) is 4.99 Å². The number of hydrogen-bond acceptors (Lipinski definition) is 4. The Bertz CT molecular complexity index is 486. The van der Waals surface area contributed by atoms with Gasteiger partial charge in [-0.15, -0.1) is 0 Å². The number of rotatable bonds is 3. The van der Waals surface area contributed by atoms with E-state index in [1.165, 1.54) is 6.26 Å². The first-order valence-electron chi connectivity index (χ1n) is 5.40. The third kappa shape index (κ3) is 2.53. The predicted molar refractivity (Wildman–Crippen MR) is 63.5 cm³/mol. The van der Waals surface area contributed by atoms with Gasteiger partial charge in [0, 0.05) is 5.56 Å². The first-order valence-corrected chi connectivity index (χ1v) is 5.40. The molecule has 17 heavy (non-hydrogen) atoms. The van der Waals surface area contributed by atoms with Crippen molar-refractivity contribution in [1.82, 2.24) is 0 Å². The maximum absolute atomic E-state index is 11.4. The summed E-state index contributed by atoms with van der Waals surface area (Å²) in [6.07, 6.45) is 1.32. The van der Waals surface area contributed by atoms with Crippen LogP contribution in [0.2, 0.25) is 0 Å². The lowest BCUT2D eigenvalue weighted by molar-refractivity contribution is -0.130. The van der Waals surface area contributed by atoms with Crippen molar-refractivity contribution in [2.75, 3.05) is 6.61 Å². The van der Waals surface area contributed by atoms with Crippen LogP contribution in [0.4, 0.5) is 0 Å². The van der Waals surface area contributed by atoms with E-state index in [0.29, 0.717) is 12.5 Å². The lowest BCUT2D eigenvalue weighted by atomic mass is 10.1. The van der Waals surface area contributed by atoms with Crippen LogP contribution in [0.25, 0.3) is 0 Å². The molecule has 0 aliphatic carbocycles. The van der Waals surface area contributed by atoms with E-state index in [-0.39, 0.29) is 5.70 Å². The van der Waals surface area contributed by atoms with E-state index in [4.69, 9.17) is 9.47 Å². The summed E-state index contributed by atoms with van der Waals surface area (Å²) in [7, 11) is 0. The minimum Gasteiger partial charge on any atom is -0.499 e. The SMILES string of the molecule is CCO/C=C1\N=C(c2ccc(C)cc2)OC1=O. The average molecular weight is 231 g/mol. The van der Waals surface area contributed by atoms with Gasteiger partial charge >= 0.3 is 5.97 Å². The number of benzene rings is 1. The zero-order chi connectivity index (χ0) is 12.3. The summed E-state index contributed by atoms with van der Waals surface area (Å²) in [5, 5.41) is 0. The average Bonchev–Trinajstić information content (AvgIpc) is 2.69. The highest BCUT2D eigenvalue weighted by molar-refractivity contribution is 6.10. The number of carbonyl (C=O) groups is 1. The maximum Gasteiger partial charge on any atom is 0.367 e. The van der Waals surface area contributed by atoms with E-state index >= 15 is 0 Å². The molecule has 0 bridgehead atoms. The van der Waals surface area contributed by atoms with E-state index in [1.54, 1.807) is 0 Å². The standard InChI is InChI=1S/C13H13NO3/c1-3-16-8-11-13(15)17-12(14-11)10-6-4-9(2)5-7-10/h4-8H,3H2,1-2H3/b11-8-. The van der Waals surface area contributed by atoms with Crippen LogP contribution in [0.5, 0.6) is 0 Å². The third-order valence-electron chi connectivity index (χ3n) is 2.28. The van der Waals surface area contributed by atoms with Crippen LogP contribution in [0.15, 0.2) is 41.2 Å². The summed E-state index contributed by atoms with van der Waals surface area (Å²) >= 11 is 0. The highest BCUT2D eigenvalue weighted by Crippen LogP contribution is 2.16. The molecule has 1 aliphatic heterocycles. The molecular weight excluding hydrogens is 218 g/mol. The van der Waals surface area contributed by atoms with Crippen LogP contribution in [-0.2, 0) is 14.3 Å².